The van der Waals surface area contributed by atoms with Gasteiger partial charge in [-0.15, -0.1) is 35.3 Å². The number of aryl methyl sites for hydroxylation is 1. The van der Waals surface area contributed by atoms with E-state index in [1.54, 1.807) is 11.3 Å². The first-order chi connectivity index (χ1) is 12.2. The molecule has 1 aromatic rings. The molecule has 0 radical (unpaired) electrons. The molecule has 0 saturated carbocycles. The van der Waals surface area contributed by atoms with E-state index in [-0.39, 0.29) is 24.0 Å². The van der Waals surface area contributed by atoms with Gasteiger partial charge in [0.25, 0.3) is 0 Å². The molecule has 2 heterocycles. The average Bonchev–Trinajstić information content (AvgIpc) is 3.32. The number of aliphatic imine (C=N–C) groups is 1. The highest BCUT2D eigenvalue weighted by Crippen LogP contribution is 2.22. The van der Waals surface area contributed by atoms with Crippen LogP contribution in [0.15, 0.2) is 11.2 Å². The molecule has 2 rings (SSSR count). The van der Waals surface area contributed by atoms with Crippen LogP contribution in [0.1, 0.15) is 56.3 Å². The summed E-state index contributed by atoms with van der Waals surface area (Å²) in [5, 5.41) is 8.09. The van der Waals surface area contributed by atoms with Gasteiger partial charge in [0.1, 0.15) is 5.01 Å². The van der Waals surface area contributed by atoms with Gasteiger partial charge < -0.3 is 10.6 Å². The lowest BCUT2D eigenvalue weighted by Gasteiger charge is -2.34. The van der Waals surface area contributed by atoms with Crippen molar-refractivity contribution in [3.8, 4) is 0 Å². The lowest BCUT2D eigenvalue weighted by atomic mass is 9.93. The first-order valence-electron chi connectivity index (χ1n) is 9.83. The molecule has 1 aliphatic heterocycles. The van der Waals surface area contributed by atoms with Crippen molar-refractivity contribution in [2.45, 2.75) is 65.5 Å². The van der Waals surface area contributed by atoms with E-state index < -0.39 is 0 Å². The van der Waals surface area contributed by atoms with E-state index in [0.29, 0.717) is 6.04 Å². The number of likely N-dealkylation sites (tertiary alicyclic amines) is 1. The number of guanidine groups is 1. The minimum Gasteiger partial charge on any atom is -0.355 e. The van der Waals surface area contributed by atoms with Crippen LogP contribution in [-0.2, 0) is 13.0 Å². The Morgan fingerprint density at radius 3 is 2.46 bits per heavy atom. The van der Waals surface area contributed by atoms with E-state index in [9.17, 15) is 0 Å². The van der Waals surface area contributed by atoms with E-state index in [4.69, 9.17) is 0 Å². The number of aromatic nitrogens is 1. The summed E-state index contributed by atoms with van der Waals surface area (Å²) in [6.07, 6.45) is 8.20. The molecule has 1 unspecified atom stereocenters. The van der Waals surface area contributed by atoms with Crippen molar-refractivity contribution in [2.75, 3.05) is 26.7 Å². The molecule has 0 spiro atoms. The van der Waals surface area contributed by atoms with Crippen LogP contribution in [-0.4, -0.2) is 48.6 Å². The Kier molecular flexibility index (Phi) is 11.7. The number of thiazole rings is 1. The predicted octanol–water partition coefficient (Wildman–Crippen LogP) is 3.89. The van der Waals surface area contributed by atoms with Crippen molar-refractivity contribution >= 4 is 41.3 Å². The zero-order valence-corrected chi connectivity index (χ0v) is 19.9. The molecule has 1 saturated heterocycles. The summed E-state index contributed by atoms with van der Waals surface area (Å²) in [6.45, 7) is 11.0. The first-order valence-corrected chi connectivity index (χ1v) is 10.7. The monoisotopic (exact) mass is 493 g/mol. The standard InChI is InChI=1S/C19H35N5S.HI/c1-5-15(6-2)17(24-10-8-9-11-24)13-22-19(20-4)23-14-18-21-12-16(7-3)25-18;/h12,15,17H,5-11,13-14H2,1-4H3,(H2,20,22,23);1H. The summed E-state index contributed by atoms with van der Waals surface area (Å²) >= 11 is 1.78. The van der Waals surface area contributed by atoms with Gasteiger partial charge in [-0.2, -0.15) is 0 Å². The zero-order chi connectivity index (χ0) is 18.1. The Hall–Kier alpha value is -0.410. The molecule has 150 valence electrons. The van der Waals surface area contributed by atoms with Crippen molar-refractivity contribution in [1.29, 1.82) is 0 Å². The fraction of sp³-hybridized carbons (Fsp3) is 0.789. The van der Waals surface area contributed by atoms with E-state index in [2.05, 4.69) is 46.3 Å². The van der Waals surface area contributed by atoms with Crippen LogP contribution >= 0.6 is 35.3 Å². The largest absolute Gasteiger partial charge is 0.355 e. The number of nitrogens with zero attached hydrogens (tertiary/aromatic N) is 3. The predicted molar refractivity (Wildman–Crippen MR) is 124 cm³/mol. The third kappa shape index (κ3) is 6.96. The smallest absolute Gasteiger partial charge is 0.191 e. The summed E-state index contributed by atoms with van der Waals surface area (Å²) in [7, 11) is 1.84. The van der Waals surface area contributed by atoms with E-state index in [1.807, 2.05) is 13.2 Å². The second-order valence-electron chi connectivity index (χ2n) is 6.77. The lowest BCUT2D eigenvalue weighted by Crippen LogP contribution is -2.49. The van der Waals surface area contributed by atoms with Crippen molar-refractivity contribution in [3.63, 3.8) is 0 Å². The third-order valence-electron chi connectivity index (χ3n) is 5.26. The Bertz CT molecular complexity index is 522. The molecular formula is C19H36IN5S. The van der Waals surface area contributed by atoms with Gasteiger partial charge >= 0.3 is 0 Å². The van der Waals surface area contributed by atoms with Crippen LogP contribution in [0.2, 0.25) is 0 Å². The van der Waals surface area contributed by atoms with Gasteiger partial charge in [-0.1, -0.05) is 33.6 Å². The first kappa shape index (κ1) is 23.6. The Labute approximate surface area is 180 Å². The van der Waals surface area contributed by atoms with Gasteiger partial charge in [-0.25, -0.2) is 4.98 Å². The topological polar surface area (TPSA) is 52.6 Å². The van der Waals surface area contributed by atoms with Crippen LogP contribution in [0.3, 0.4) is 0 Å². The van der Waals surface area contributed by atoms with Gasteiger partial charge in [0.05, 0.1) is 6.54 Å². The molecule has 0 aromatic carbocycles. The lowest BCUT2D eigenvalue weighted by molar-refractivity contribution is 0.166. The highest BCUT2D eigenvalue weighted by molar-refractivity contribution is 14.0. The molecule has 2 N–H and O–H groups in total. The summed E-state index contributed by atoms with van der Waals surface area (Å²) in [6, 6.07) is 0.600. The Balaban J connectivity index is 0.00000338. The maximum absolute atomic E-state index is 4.47. The molecule has 0 bridgehead atoms. The molecule has 1 aliphatic rings. The third-order valence-corrected chi connectivity index (χ3v) is 6.40. The van der Waals surface area contributed by atoms with Crippen LogP contribution in [0.5, 0.6) is 0 Å². The van der Waals surface area contributed by atoms with Crippen LogP contribution in [0.25, 0.3) is 0 Å². The Morgan fingerprint density at radius 2 is 1.92 bits per heavy atom. The summed E-state index contributed by atoms with van der Waals surface area (Å²) < 4.78 is 0. The van der Waals surface area contributed by atoms with Gasteiger partial charge in [0.15, 0.2) is 5.96 Å². The molecule has 5 nitrogen and oxygen atoms in total. The molecule has 0 aliphatic carbocycles. The maximum atomic E-state index is 4.47. The second kappa shape index (κ2) is 12.9. The minimum absolute atomic E-state index is 0. The van der Waals surface area contributed by atoms with Crippen molar-refractivity contribution in [3.05, 3.63) is 16.1 Å². The summed E-state index contributed by atoms with van der Waals surface area (Å²) in [4.78, 5) is 12.9. The fourth-order valence-electron chi connectivity index (χ4n) is 3.67. The molecule has 1 aromatic heterocycles. The number of hydrogen-bond donors (Lipinski definition) is 2. The van der Waals surface area contributed by atoms with E-state index in [0.717, 1.165) is 36.4 Å². The summed E-state index contributed by atoms with van der Waals surface area (Å²) in [5.74, 6) is 1.62. The van der Waals surface area contributed by atoms with Gasteiger partial charge in [-0.3, -0.25) is 9.89 Å². The van der Waals surface area contributed by atoms with Crippen LogP contribution < -0.4 is 10.6 Å². The SMILES string of the molecule is CCc1cnc(CNC(=NC)NCC(C(CC)CC)N2CCCC2)s1.I. The zero-order valence-electron chi connectivity index (χ0n) is 16.8. The molecule has 0 amide bonds. The second-order valence-corrected chi connectivity index (χ2v) is 7.97. The molecule has 1 fully saturated rings. The molecule has 1 atom stereocenters. The van der Waals surface area contributed by atoms with Crippen LogP contribution in [0.4, 0.5) is 0 Å². The van der Waals surface area contributed by atoms with Gasteiger partial charge in [0, 0.05) is 30.7 Å². The normalized spacial score (nSPS) is 16.6. The highest BCUT2D eigenvalue weighted by Gasteiger charge is 2.27. The van der Waals surface area contributed by atoms with E-state index >= 15 is 0 Å². The Morgan fingerprint density at radius 1 is 1.23 bits per heavy atom. The van der Waals surface area contributed by atoms with Crippen molar-refractivity contribution < 1.29 is 0 Å². The molecule has 26 heavy (non-hydrogen) atoms. The van der Waals surface area contributed by atoms with Gasteiger partial charge in [-0.05, 0) is 38.3 Å². The highest BCUT2D eigenvalue weighted by atomic mass is 127. The van der Waals surface area contributed by atoms with Gasteiger partial charge in [0.2, 0.25) is 0 Å². The summed E-state index contributed by atoms with van der Waals surface area (Å²) in [5.41, 5.74) is 0. The number of halogens is 1. The average molecular weight is 494 g/mol. The number of hydrogen-bond acceptors (Lipinski definition) is 4. The maximum Gasteiger partial charge on any atom is 0.191 e. The number of rotatable bonds is 9. The fourth-order valence-corrected chi connectivity index (χ4v) is 4.48. The van der Waals surface area contributed by atoms with Crippen molar-refractivity contribution in [2.24, 2.45) is 10.9 Å². The molecular weight excluding hydrogens is 457 g/mol. The minimum atomic E-state index is 0. The van der Waals surface area contributed by atoms with E-state index in [1.165, 1.54) is 43.6 Å². The molecule has 7 heteroatoms. The van der Waals surface area contributed by atoms with Crippen LogP contribution in [0, 0.1) is 5.92 Å². The quantitative estimate of drug-likeness (QED) is 0.312. The van der Waals surface area contributed by atoms with Crippen molar-refractivity contribution in [1.82, 2.24) is 20.5 Å². The number of nitrogens with one attached hydrogen (secondary N) is 2.